The van der Waals surface area contributed by atoms with Crippen molar-refractivity contribution in [1.29, 1.82) is 0 Å². The van der Waals surface area contributed by atoms with Gasteiger partial charge in [-0.1, -0.05) is 10.3 Å². The Morgan fingerprint density at radius 1 is 0.778 bits per heavy atom. The Morgan fingerprint density at radius 2 is 1.19 bits per heavy atom. The lowest BCUT2D eigenvalue weighted by Gasteiger charge is -2.34. The van der Waals surface area contributed by atoms with Crippen LogP contribution >= 0.6 is 0 Å². The Kier molecular flexibility index (Phi) is 5.52. The molecule has 2 aliphatic heterocycles. The van der Waals surface area contributed by atoms with E-state index in [0.29, 0.717) is 74.3 Å². The third-order valence-corrected chi connectivity index (χ3v) is 7.24. The average Bonchev–Trinajstić information content (AvgIpc) is 3.79. The van der Waals surface area contributed by atoms with Gasteiger partial charge in [-0.05, 0) is 37.8 Å². The minimum atomic E-state index is -1.01. The summed E-state index contributed by atoms with van der Waals surface area (Å²) in [4.78, 5) is 45.3. The Labute approximate surface area is 207 Å². The predicted octanol–water partition coefficient (Wildman–Crippen LogP) is 2.29. The van der Waals surface area contributed by atoms with Crippen LogP contribution in [0, 0.1) is 0 Å². The fraction of sp³-hybridized carbons (Fsp3) is 0.583. The van der Waals surface area contributed by atoms with Gasteiger partial charge >= 0.3 is 11.9 Å². The van der Waals surface area contributed by atoms with Crippen LogP contribution in [0.1, 0.15) is 73.8 Å². The smallest absolute Gasteiger partial charge is 0.339 e. The maximum atomic E-state index is 12.6. The number of carbonyl (C=O) groups excluding carboxylic acids is 2. The van der Waals surface area contributed by atoms with Crippen LogP contribution < -0.4 is 0 Å². The van der Waals surface area contributed by atoms with Gasteiger partial charge in [-0.2, -0.15) is 9.97 Å². The number of hydrogen-bond donors (Lipinski definition) is 0. The van der Waals surface area contributed by atoms with Crippen LogP contribution in [0.5, 0.6) is 0 Å². The van der Waals surface area contributed by atoms with Gasteiger partial charge < -0.3 is 9.05 Å². The summed E-state index contributed by atoms with van der Waals surface area (Å²) in [5.74, 6) is 1.35. The van der Waals surface area contributed by atoms with Crippen LogP contribution in [0.15, 0.2) is 21.2 Å². The first-order valence-corrected chi connectivity index (χ1v) is 12.5. The summed E-state index contributed by atoms with van der Waals surface area (Å²) >= 11 is 0. The molecule has 2 aromatic heterocycles. The number of nitrogens with zero attached hydrogens (tertiary/aromatic N) is 6. The van der Waals surface area contributed by atoms with E-state index in [2.05, 4.69) is 20.3 Å². The molecule has 4 aliphatic rings. The number of carbonyl (C=O) groups is 2. The van der Waals surface area contributed by atoms with Crippen molar-refractivity contribution in [2.45, 2.75) is 50.4 Å². The monoisotopic (exact) mass is 498 g/mol. The van der Waals surface area contributed by atoms with Crippen molar-refractivity contribution in [3.8, 4) is 0 Å². The van der Waals surface area contributed by atoms with Crippen LogP contribution in [0.25, 0.3) is 11.1 Å². The number of hydrogen-bond acceptors (Lipinski definition) is 10. The zero-order valence-corrected chi connectivity index (χ0v) is 20.5. The average molecular weight is 499 g/mol. The second-order valence-electron chi connectivity index (χ2n) is 10.6. The van der Waals surface area contributed by atoms with Gasteiger partial charge in [0.25, 0.3) is 0 Å². The topological polar surface area (TPSA) is 130 Å². The molecule has 12 nitrogen and oxygen atoms in total. The maximum absolute atomic E-state index is 12.6. The molecule has 4 heterocycles. The highest BCUT2D eigenvalue weighted by molar-refractivity contribution is 6.29. The zero-order chi connectivity index (χ0) is 24.9. The quantitative estimate of drug-likeness (QED) is 0.432. The zero-order valence-electron chi connectivity index (χ0n) is 20.5. The van der Waals surface area contributed by atoms with Crippen molar-refractivity contribution in [1.82, 2.24) is 20.3 Å². The molecule has 12 heteroatoms. The van der Waals surface area contributed by atoms with Crippen LogP contribution in [0.2, 0.25) is 0 Å². The fourth-order valence-corrected chi connectivity index (χ4v) is 4.48. The summed E-state index contributed by atoms with van der Waals surface area (Å²) in [5, 5.41) is 8.17. The Hall–Kier alpha value is -3.38. The van der Waals surface area contributed by atoms with Crippen LogP contribution in [0.4, 0.5) is 0 Å². The lowest BCUT2D eigenvalue weighted by molar-refractivity contribution is -1.08. The first-order chi connectivity index (χ1) is 17.3. The molecule has 0 N–H and O–H groups in total. The highest BCUT2D eigenvalue weighted by Gasteiger charge is 2.40. The normalized spacial score (nSPS) is 28.3. The molecule has 6 rings (SSSR count). The molecule has 0 saturated heterocycles. The summed E-state index contributed by atoms with van der Waals surface area (Å²) in [5.41, 5.74) is 1.92. The number of quaternary nitrogens is 2. The van der Waals surface area contributed by atoms with Gasteiger partial charge in [0.2, 0.25) is 11.8 Å². The SMILES string of the molecule is C[N+]1(OC(=O)C(=O)O[N+]2(C)CC=C(c3noc(C4CC4)n3)CC2)CC=C(c2noc(C3CC3)n2)CC1. The van der Waals surface area contributed by atoms with E-state index in [1.807, 2.05) is 12.2 Å². The molecule has 190 valence electrons. The van der Waals surface area contributed by atoms with Crippen LogP contribution in [0.3, 0.4) is 0 Å². The predicted molar refractivity (Wildman–Crippen MR) is 122 cm³/mol. The van der Waals surface area contributed by atoms with Gasteiger partial charge in [-0.15, -0.1) is 9.29 Å². The second kappa shape index (κ2) is 8.63. The van der Waals surface area contributed by atoms with Gasteiger partial charge in [0.15, 0.2) is 11.6 Å². The summed E-state index contributed by atoms with van der Waals surface area (Å²) in [6.45, 7) is 1.77. The molecule has 2 aromatic rings. The fourth-order valence-electron chi connectivity index (χ4n) is 4.48. The summed E-state index contributed by atoms with van der Waals surface area (Å²) in [6.07, 6.45) is 9.44. The molecule has 0 amide bonds. The lowest BCUT2D eigenvalue weighted by Crippen LogP contribution is -2.53. The molecule has 2 saturated carbocycles. The van der Waals surface area contributed by atoms with Crippen LogP contribution in [-0.4, -0.2) is 81.8 Å². The molecule has 2 aliphatic carbocycles. The van der Waals surface area contributed by atoms with E-state index in [0.717, 1.165) is 36.8 Å². The number of hydroxylamine groups is 6. The lowest BCUT2D eigenvalue weighted by atomic mass is 10.1. The maximum Gasteiger partial charge on any atom is 0.480 e. The highest BCUT2D eigenvalue weighted by atomic mass is 16.8. The molecular formula is C24H30N6O6+2. The van der Waals surface area contributed by atoms with E-state index >= 15 is 0 Å². The summed E-state index contributed by atoms with van der Waals surface area (Å²) < 4.78 is 10.6. The molecule has 2 unspecified atom stereocenters. The van der Waals surface area contributed by atoms with E-state index in [1.54, 1.807) is 14.1 Å². The van der Waals surface area contributed by atoms with Crippen molar-refractivity contribution in [2.75, 3.05) is 40.3 Å². The van der Waals surface area contributed by atoms with E-state index in [9.17, 15) is 9.59 Å². The van der Waals surface area contributed by atoms with E-state index in [1.165, 1.54) is 0 Å². The minimum absolute atomic E-state index is 0.0559. The van der Waals surface area contributed by atoms with Crippen molar-refractivity contribution in [3.63, 3.8) is 0 Å². The summed E-state index contributed by atoms with van der Waals surface area (Å²) in [7, 11) is 3.52. The number of aromatic nitrogens is 4. The molecule has 0 aromatic carbocycles. The number of rotatable bonds is 6. The van der Waals surface area contributed by atoms with Crippen molar-refractivity contribution >= 4 is 23.1 Å². The molecule has 2 atom stereocenters. The van der Waals surface area contributed by atoms with Gasteiger partial charge in [0.05, 0.1) is 0 Å². The van der Waals surface area contributed by atoms with E-state index < -0.39 is 11.9 Å². The summed E-state index contributed by atoms with van der Waals surface area (Å²) in [6, 6.07) is 0. The van der Waals surface area contributed by atoms with E-state index in [-0.39, 0.29) is 9.29 Å². The Morgan fingerprint density at radius 3 is 1.53 bits per heavy atom. The Bertz CT molecular complexity index is 1160. The second-order valence-corrected chi connectivity index (χ2v) is 10.6. The highest BCUT2D eigenvalue weighted by Crippen LogP contribution is 2.40. The molecule has 0 bridgehead atoms. The van der Waals surface area contributed by atoms with Crippen molar-refractivity contribution in [3.05, 3.63) is 35.6 Å². The van der Waals surface area contributed by atoms with Gasteiger partial charge in [0, 0.05) is 35.8 Å². The third kappa shape index (κ3) is 4.82. The first-order valence-electron chi connectivity index (χ1n) is 12.5. The molecule has 0 spiro atoms. The standard InChI is InChI=1S/C24H30N6O6/c1-29(11-7-15(8-12-29)19-25-21(33-27-19)17-3-4-17)35-23(31)24(32)36-30(2)13-9-16(10-14-30)20-26-22(34-28-20)18-5-6-18/h7,9,17-18H,3-6,8,10-14H2,1-2H3/q+2. The van der Waals surface area contributed by atoms with Crippen LogP contribution in [-0.2, 0) is 19.3 Å². The van der Waals surface area contributed by atoms with Gasteiger partial charge in [-0.3, -0.25) is 9.68 Å². The van der Waals surface area contributed by atoms with E-state index in [4.69, 9.17) is 18.7 Å². The van der Waals surface area contributed by atoms with Crippen molar-refractivity contribution < 1.29 is 37.6 Å². The number of likely N-dealkylation sites (N-methyl/N-ethyl adjacent to an activating group) is 2. The van der Waals surface area contributed by atoms with Gasteiger partial charge in [0.1, 0.15) is 40.3 Å². The minimum Gasteiger partial charge on any atom is -0.339 e. The molecule has 2 fully saturated rings. The largest absolute Gasteiger partial charge is 0.480 e. The molecule has 0 radical (unpaired) electrons. The first kappa shape index (κ1) is 23.0. The Balaban J connectivity index is 1.02. The van der Waals surface area contributed by atoms with Gasteiger partial charge in [-0.25, -0.2) is 9.59 Å². The van der Waals surface area contributed by atoms with Crippen molar-refractivity contribution in [2.24, 2.45) is 0 Å². The molecular weight excluding hydrogens is 468 g/mol. The molecule has 36 heavy (non-hydrogen) atoms. The third-order valence-electron chi connectivity index (χ3n) is 7.24.